The number of hydrogen-bond donors (Lipinski definition) is 4. The lowest BCUT2D eigenvalue weighted by Crippen LogP contribution is -2.42. The highest BCUT2D eigenvalue weighted by Gasteiger charge is 2.26. The molecule has 7 nitrogen and oxygen atoms in total. The first-order valence-electron chi connectivity index (χ1n) is 10.1. The molecule has 1 amide bonds. The minimum atomic E-state index is -1.27. The highest BCUT2D eigenvalue weighted by molar-refractivity contribution is 6.01. The molecule has 2 aromatic carbocycles. The Labute approximate surface area is 187 Å². The fraction of sp³-hybridized carbons (Fsp3) is 0.125. The number of carbonyl (C=O) groups is 1. The normalized spacial score (nSPS) is 12.8. The summed E-state index contributed by atoms with van der Waals surface area (Å²) >= 11 is 0. The third-order valence-electron chi connectivity index (χ3n) is 5.13. The molecule has 0 bridgehead atoms. The number of aromatic nitrogens is 3. The number of halogens is 2. The first kappa shape index (κ1) is 22.3. The number of aromatic amines is 1. The van der Waals surface area contributed by atoms with Crippen molar-refractivity contribution in [3.8, 4) is 22.5 Å². The number of H-pyrrole nitrogens is 1. The summed E-state index contributed by atoms with van der Waals surface area (Å²) in [5, 5.41) is 29.6. The molecular formula is C24H20F2N4O3. The van der Waals surface area contributed by atoms with Gasteiger partial charge in [0, 0.05) is 17.3 Å². The summed E-state index contributed by atoms with van der Waals surface area (Å²) in [4.78, 5) is 17.0. The third kappa shape index (κ3) is 4.79. The smallest absolute Gasteiger partial charge is 0.252 e. The molecule has 0 saturated heterocycles. The van der Waals surface area contributed by atoms with Crippen LogP contribution in [0.2, 0.25) is 0 Å². The summed E-state index contributed by atoms with van der Waals surface area (Å²) in [6.07, 6.45) is 0.213. The number of rotatable bonds is 7. The maximum absolute atomic E-state index is 14.8. The molecule has 0 aliphatic heterocycles. The molecule has 4 N–H and O–H groups in total. The van der Waals surface area contributed by atoms with Gasteiger partial charge in [-0.15, -0.1) is 0 Å². The van der Waals surface area contributed by atoms with Gasteiger partial charge < -0.3 is 15.5 Å². The van der Waals surface area contributed by atoms with Gasteiger partial charge in [0.1, 0.15) is 17.7 Å². The molecule has 0 spiro atoms. The van der Waals surface area contributed by atoms with E-state index < -0.39 is 36.3 Å². The number of aliphatic hydroxyl groups excluding tert-OH is 2. The number of nitrogens with zero attached hydrogens (tertiary/aromatic N) is 2. The van der Waals surface area contributed by atoms with Gasteiger partial charge in [-0.3, -0.25) is 14.9 Å². The molecular weight excluding hydrogens is 430 g/mol. The summed E-state index contributed by atoms with van der Waals surface area (Å²) in [5.41, 5.74) is 1.52. The zero-order valence-electron chi connectivity index (χ0n) is 17.2. The highest BCUT2D eigenvalue weighted by Crippen LogP contribution is 2.29. The van der Waals surface area contributed by atoms with Gasteiger partial charge in [-0.1, -0.05) is 12.1 Å². The molecule has 9 heteroatoms. The summed E-state index contributed by atoms with van der Waals surface area (Å²) in [7, 11) is 0. The van der Waals surface area contributed by atoms with Crippen molar-refractivity contribution in [2.75, 3.05) is 6.61 Å². The van der Waals surface area contributed by atoms with E-state index in [-0.39, 0.29) is 22.5 Å². The molecule has 2 atom stereocenters. The van der Waals surface area contributed by atoms with Crippen LogP contribution in [-0.2, 0) is 0 Å². The standard InChI is InChI=1S/C24H20F2N4O3/c25-15-9-7-14(8-10-15)19-12-20(30-29-19)22-16(4-3-5-17(22)26)24(33)28-21(13-31)23(32)18-6-1-2-11-27-18/h1-12,21,23,31-32H,13H2,(H,28,33)(H,29,30). The van der Waals surface area contributed by atoms with Crippen LogP contribution in [0.15, 0.2) is 72.9 Å². The average molecular weight is 450 g/mol. The second-order valence-corrected chi connectivity index (χ2v) is 7.30. The van der Waals surface area contributed by atoms with E-state index in [0.29, 0.717) is 11.3 Å². The SMILES string of the molecule is O=C(NC(CO)C(O)c1ccccn1)c1cccc(F)c1-c1cc(-c2ccc(F)cc2)n[nH]1. The molecule has 2 aromatic heterocycles. The predicted molar refractivity (Wildman–Crippen MR) is 117 cm³/mol. The van der Waals surface area contributed by atoms with E-state index in [0.717, 1.165) is 0 Å². The molecule has 168 valence electrons. The van der Waals surface area contributed by atoms with Crippen molar-refractivity contribution >= 4 is 5.91 Å². The Balaban J connectivity index is 1.63. The van der Waals surface area contributed by atoms with Crippen molar-refractivity contribution in [1.82, 2.24) is 20.5 Å². The van der Waals surface area contributed by atoms with Crippen molar-refractivity contribution in [2.24, 2.45) is 0 Å². The monoisotopic (exact) mass is 450 g/mol. The predicted octanol–water partition coefficient (Wildman–Crippen LogP) is 3.24. The van der Waals surface area contributed by atoms with Gasteiger partial charge in [0.05, 0.1) is 35.3 Å². The molecule has 0 saturated carbocycles. The van der Waals surface area contributed by atoms with Crippen LogP contribution in [0.4, 0.5) is 8.78 Å². The molecule has 33 heavy (non-hydrogen) atoms. The van der Waals surface area contributed by atoms with Gasteiger partial charge in [0.15, 0.2) is 0 Å². The number of aliphatic hydroxyl groups is 2. The van der Waals surface area contributed by atoms with Crippen LogP contribution in [0.25, 0.3) is 22.5 Å². The van der Waals surface area contributed by atoms with Crippen molar-refractivity contribution in [3.05, 3.63) is 95.8 Å². The van der Waals surface area contributed by atoms with Gasteiger partial charge in [0.2, 0.25) is 0 Å². The van der Waals surface area contributed by atoms with Crippen molar-refractivity contribution in [3.63, 3.8) is 0 Å². The van der Waals surface area contributed by atoms with E-state index in [1.165, 1.54) is 48.7 Å². The Hall–Kier alpha value is -3.95. The molecule has 4 rings (SSSR count). The Kier molecular flexibility index (Phi) is 6.53. The third-order valence-corrected chi connectivity index (χ3v) is 5.13. The maximum Gasteiger partial charge on any atom is 0.252 e. The van der Waals surface area contributed by atoms with E-state index in [2.05, 4.69) is 20.5 Å². The van der Waals surface area contributed by atoms with Gasteiger partial charge >= 0.3 is 0 Å². The van der Waals surface area contributed by atoms with Crippen LogP contribution in [0, 0.1) is 11.6 Å². The Bertz CT molecular complexity index is 1250. The van der Waals surface area contributed by atoms with Gasteiger partial charge in [0.25, 0.3) is 5.91 Å². The number of carbonyl (C=O) groups excluding carboxylic acids is 1. The quantitative estimate of drug-likeness (QED) is 0.346. The second-order valence-electron chi connectivity index (χ2n) is 7.30. The first-order valence-corrected chi connectivity index (χ1v) is 10.1. The summed E-state index contributed by atoms with van der Waals surface area (Å²) in [6, 6.07) is 15.0. The Morgan fingerprint density at radius 1 is 1.06 bits per heavy atom. The van der Waals surface area contributed by atoms with Crippen LogP contribution in [0.5, 0.6) is 0 Å². The first-order chi connectivity index (χ1) is 16.0. The molecule has 4 aromatic rings. The zero-order valence-corrected chi connectivity index (χ0v) is 17.2. The number of amides is 1. The Morgan fingerprint density at radius 2 is 1.85 bits per heavy atom. The minimum Gasteiger partial charge on any atom is -0.394 e. The number of hydrogen-bond acceptors (Lipinski definition) is 5. The van der Waals surface area contributed by atoms with Crippen molar-refractivity contribution in [2.45, 2.75) is 12.1 Å². The lowest BCUT2D eigenvalue weighted by Gasteiger charge is -2.22. The van der Waals surface area contributed by atoms with Gasteiger partial charge in [-0.05, 0) is 54.6 Å². The van der Waals surface area contributed by atoms with Crippen LogP contribution in [0.1, 0.15) is 22.2 Å². The van der Waals surface area contributed by atoms with Gasteiger partial charge in [-0.25, -0.2) is 8.78 Å². The summed E-state index contributed by atoms with van der Waals surface area (Å²) < 4.78 is 28.0. The van der Waals surface area contributed by atoms with Crippen molar-refractivity contribution in [1.29, 1.82) is 0 Å². The van der Waals surface area contributed by atoms with E-state index in [9.17, 15) is 23.8 Å². The number of nitrogens with one attached hydrogen (secondary N) is 2. The average Bonchev–Trinajstić information content (AvgIpc) is 3.32. The fourth-order valence-corrected chi connectivity index (χ4v) is 3.43. The zero-order chi connectivity index (χ0) is 23.4. The largest absolute Gasteiger partial charge is 0.394 e. The molecule has 0 aliphatic carbocycles. The van der Waals surface area contributed by atoms with Crippen LogP contribution in [-0.4, -0.2) is 44.0 Å². The van der Waals surface area contributed by atoms with Gasteiger partial charge in [-0.2, -0.15) is 5.10 Å². The molecule has 0 aliphatic rings. The van der Waals surface area contributed by atoms with E-state index >= 15 is 0 Å². The van der Waals surface area contributed by atoms with Crippen LogP contribution < -0.4 is 5.32 Å². The lowest BCUT2D eigenvalue weighted by atomic mass is 10.0. The highest BCUT2D eigenvalue weighted by atomic mass is 19.1. The molecule has 2 unspecified atom stereocenters. The lowest BCUT2D eigenvalue weighted by molar-refractivity contribution is 0.0688. The van der Waals surface area contributed by atoms with E-state index in [1.807, 2.05) is 0 Å². The topological polar surface area (TPSA) is 111 Å². The summed E-state index contributed by atoms with van der Waals surface area (Å²) in [6.45, 7) is -0.563. The number of pyridine rings is 1. The van der Waals surface area contributed by atoms with Crippen LogP contribution in [0.3, 0.4) is 0 Å². The van der Waals surface area contributed by atoms with Crippen LogP contribution >= 0.6 is 0 Å². The Morgan fingerprint density at radius 3 is 2.55 bits per heavy atom. The minimum absolute atomic E-state index is 0.0176. The molecule has 0 fully saturated rings. The fourth-order valence-electron chi connectivity index (χ4n) is 3.43. The summed E-state index contributed by atoms with van der Waals surface area (Å²) in [5.74, 6) is -1.76. The van der Waals surface area contributed by atoms with E-state index in [4.69, 9.17) is 0 Å². The van der Waals surface area contributed by atoms with Crippen molar-refractivity contribution < 1.29 is 23.8 Å². The molecule has 2 heterocycles. The van der Waals surface area contributed by atoms with E-state index in [1.54, 1.807) is 24.3 Å². The number of benzene rings is 2. The second kappa shape index (κ2) is 9.68. The maximum atomic E-state index is 14.8. The molecule has 0 radical (unpaired) electrons.